The fourth-order valence-corrected chi connectivity index (χ4v) is 3.17. The van der Waals surface area contributed by atoms with Gasteiger partial charge in [-0.3, -0.25) is 0 Å². The van der Waals surface area contributed by atoms with Crippen LogP contribution >= 0.6 is 27.5 Å². The molecule has 2 N–H and O–H groups in total. The smallest absolute Gasteiger partial charge is 0.0638 e. The molecule has 5 heteroatoms. The van der Waals surface area contributed by atoms with E-state index in [4.69, 9.17) is 11.6 Å². The molecule has 3 nitrogen and oxygen atoms in total. The van der Waals surface area contributed by atoms with Crippen molar-refractivity contribution >= 4 is 27.5 Å². The van der Waals surface area contributed by atoms with Gasteiger partial charge in [-0.25, -0.2) is 0 Å². The van der Waals surface area contributed by atoms with E-state index >= 15 is 0 Å². The Hall–Kier alpha value is -0.130. The molecular weight excluding hydrogens is 352 g/mol. The maximum Gasteiger partial charge on any atom is 0.0638 e. The molecule has 2 atom stereocenters. The predicted molar refractivity (Wildman–Crippen MR) is 94.0 cm³/mol. The number of nitrogens with zero attached hydrogens (tertiary/aromatic N) is 1. The molecule has 0 saturated carbocycles. The van der Waals surface area contributed by atoms with E-state index in [2.05, 4.69) is 39.1 Å². The monoisotopic (exact) mass is 376 g/mol. The van der Waals surface area contributed by atoms with Gasteiger partial charge in [-0.1, -0.05) is 40.5 Å². The summed E-state index contributed by atoms with van der Waals surface area (Å²) in [7, 11) is 2.03. The molecule has 0 fully saturated rings. The van der Waals surface area contributed by atoms with Crippen molar-refractivity contribution in [2.24, 2.45) is 0 Å². The van der Waals surface area contributed by atoms with E-state index in [1.54, 1.807) is 0 Å². The summed E-state index contributed by atoms with van der Waals surface area (Å²) in [6.45, 7) is 6.55. The van der Waals surface area contributed by atoms with Crippen molar-refractivity contribution in [3.05, 3.63) is 33.3 Å². The Bertz CT molecular complexity index is 429. The van der Waals surface area contributed by atoms with Crippen molar-refractivity contribution in [3.63, 3.8) is 0 Å². The number of aliphatic hydroxyl groups is 1. The van der Waals surface area contributed by atoms with Crippen LogP contribution in [0.2, 0.25) is 5.02 Å². The highest BCUT2D eigenvalue weighted by atomic mass is 79.9. The van der Waals surface area contributed by atoms with E-state index in [1.807, 2.05) is 26.1 Å². The molecule has 0 amide bonds. The number of rotatable bonds is 9. The quantitative estimate of drug-likeness (QED) is 0.686. The topological polar surface area (TPSA) is 35.5 Å². The van der Waals surface area contributed by atoms with E-state index in [9.17, 15) is 5.11 Å². The van der Waals surface area contributed by atoms with Gasteiger partial charge in [0.05, 0.1) is 6.10 Å². The van der Waals surface area contributed by atoms with Gasteiger partial charge in [0.25, 0.3) is 0 Å². The van der Waals surface area contributed by atoms with Crippen molar-refractivity contribution in [2.45, 2.75) is 38.8 Å². The van der Waals surface area contributed by atoms with Crippen LogP contribution in [-0.4, -0.2) is 42.8 Å². The van der Waals surface area contributed by atoms with Gasteiger partial charge in [-0.15, -0.1) is 0 Å². The number of hydrogen-bond acceptors (Lipinski definition) is 3. The number of likely N-dealkylation sites (N-methyl/N-ethyl adjacent to an activating group) is 1. The lowest BCUT2D eigenvalue weighted by Gasteiger charge is -2.24. The van der Waals surface area contributed by atoms with Gasteiger partial charge >= 0.3 is 0 Å². The van der Waals surface area contributed by atoms with Gasteiger partial charge in [-0.05, 0) is 57.6 Å². The number of aliphatic hydroxyl groups excluding tert-OH is 1. The summed E-state index contributed by atoms with van der Waals surface area (Å²) < 4.78 is 0.997. The normalized spacial score (nSPS) is 14.4. The summed E-state index contributed by atoms with van der Waals surface area (Å²) >= 11 is 9.83. The fourth-order valence-electron chi connectivity index (χ4n) is 2.36. The van der Waals surface area contributed by atoms with Crippen molar-refractivity contribution in [3.8, 4) is 0 Å². The second kappa shape index (κ2) is 9.80. The lowest BCUT2D eigenvalue weighted by atomic mass is 10.0. The number of hydrogen-bond donors (Lipinski definition) is 2. The highest BCUT2D eigenvalue weighted by molar-refractivity contribution is 9.10. The highest BCUT2D eigenvalue weighted by Crippen LogP contribution is 2.28. The first-order chi connectivity index (χ1) is 9.93. The Morgan fingerprint density at radius 3 is 2.71 bits per heavy atom. The van der Waals surface area contributed by atoms with Crippen LogP contribution in [-0.2, 0) is 0 Å². The Balaban J connectivity index is 2.71. The molecule has 0 spiro atoms. The lowest BCUT2D eigenvalue weighted by molar-refractivity contribution is 0.139. The zero-order valence-electron chi connectivity index (χ0n) is 13.1. The number of benzene rings is 1. The average Bonchev–Trinajstić information content (AvgIpc) is 2.39. The van der Waals surface area contributed by atoms with Crippen molar-refractivity contribution in [1.82, 2.24) is 10.2 Å². The van der Waals surface area contributed by atoms with Crippen LogP contribution in [0.5, 0.6) is 0 Å². The minimum absolute atomic E-state index is 0.238. The molecular formula is C16H26BrClN2O. The molecule has 1 aromatic carbocycles. The van der Waals surface area contributed by atoms with Crippen LogP contribution < -0.4 is 5.32 Å². The van der Waals surface area contributed by atoms with E-state index < -0.39 is 0 Å². The number of halogens is 2. The van der Waals surface area contributed by atoms with E-state index in [0.717, 1.165) is 41.0 Å². The zero-order chi connectivity index (χ0) is 15.8. The summed E-state index contributed by atoms with van der Waals surface area (Å²) in [5.74, 6) is 0. The third kappa shape index (κ3) is 7.11. The first kappa shape index (κ1) is 18.9. The summed E-state index contributed by atoms with van der Waals surface area (Å²) in [6, 6.07) is 6.29. The maximum atomic E-state index is 9.44. The minimum atomic E-state index is -0.298. The third-order valence-corrected chi connectivity index (χ3v) is 4.17. The summed E-state index contributed by atoms with van der Waals surface area (Å²) in [6.07, 6.45) is 1.76. The predicted octanol–water partition coefficient (Wildman–Crippen LogP) is 3.85. The van der Waals surface area contributed by atoms with Gasteiger partial charge < -0.3 is 15.3 Å². The Morgan fingerprint density at radius 1 is 1.43 bits per heavy atom. The molecule has 2 unspecified atom stereocenters. The molecule has 0 aliphatic rings. The second-order valence-corrected chi connectivity index (χ2v) is 6.90. The van der Waals surface area contributed by atoms with Crippen molar-refractivity contribution in [2.75, 3.05) is 26.7 Å². The third-order valence-electron chi connectivity index (χ3n) is 3.35. The minimum Gasteiger partial charge on any atom is -0.392 e. The lowest BCUT2D eigenvalue weighted by Crippen LogP contribution is -2.31. The molecule has 0 bridgehead atoms. The van der Waals surface area contributed by atoms with Gasteiger partial charge in [0.2, 0.25) is 0 Å². The fraction of sp³-hybridized carbons (Fsp3) is 0.625. The number of nitrogens with one attached hydrogen (secondary N) is 1. The van der Waals surface area contributed by atoms with Crippen LogP contribution in [0.3, 0.4) is 0 Å². The summed E-state index contributed by atoms with van der Waals surface area (Å²) in [5.41, 5.74) is 1.14. The Labute approximate surface area is 141 Å². The van der Waals surface area contributed by atoms with Gasteiger partial charge in [0, 0.05) is 22.1 Å². The highest BCUT2D eigenvalue weighted by Gasteiger charge is 2.15. The van der Waals surface area contributed by atoms with Crippen LogP contribution in [0.25, 0.3) is 0 Å². The van der Waals surface area contributed by atoms with Crippen LogP contribution in [0.1, 0.15) is 38.3 Å². The maximum absolute atomic E-state index is 9.44. The van der Waals surface area contributed by atoms with Crippen LogP contribution in [0, 0.1) is 0 Å². The summed E-state index contributed by atoms with van der Waals surface area (Å²) in [4.78, 5) is 2.15. The van der Waals surface area contributed by atoms with E-state index in [0.29, 0.717) is 6.54 Å². The summed E-state index contributed by atoms with van der Waals surface area (Å²) in [5, 5.41) is 13.8. The van der Waals surface area contributed by atoms with Crippen LogP contribution in [0.15, 0.2) is 22.7 Å². The van der Waals surface area contributed by atoms with Gasteiger partial charge in [0.1, 0.15) is 0 Å². The van der Waals surface area contributed by atoms with Crippen LogP contribution in [0.4, 0.5) is 0 Å². The first-order valence-corrected chi connectivity index (χ1v) is 8.66. The molecule has 0 heterocycles. The molecule has 0 aliphatic heterocycles. The van der Waals surface area contributed by atoms with Crippen molar-refractivity contribution < 1.29 is 5.11 Å². The molecule has 1 rings (SSSR count). The molecule has 0 radical (unpaired) electrons. The SMILES string of the molecule is CCCNC(CCN(C)CC(C)O)c1ccc(Br)cc1Cl. The molecule has 1 aromatic rings. The molecule has 0 saturated heterocycles. The van der Waals surface area contributed by atoms with E-state index in [1.165, 1.54) is 0 Å². The van der Waals surface area contributed by atoms with E-state index in [-0.39, 0.29) is 12.1 Å². The average molecular weight is 378 g/mol. The molecule has 21 heavy (non-hydrogen) atoms. The first-order valence-electron chi connectivity index (χ1n) is 7.49. The Morgan fingerprint density at radius 2 is 2.14 bits per heavy atom. The molecule has 0 aromatic heterocycles. The molecule has 0 aliphatic carbocycles. The largest absolute Gasteiger partial charge is 0.392 e. The van der Waals surface area contributed by atoms with Crippen molar-refractivity contribution in [1.29, 1.82) is 0 Å². The van der Waals surface area contributed by atoms with Gasteiger partial charge in [0.15, 0.2) is 0 Å². The second-order valence-electron chi connectivity index (χ2n) is 5.57. The zero-order valence-corrected chi connectivity index (χ0v) is 15.4. The Kier molecular flexibility index (Phi) is 8.83. The molecule has 120 valence electrons. The standard InChI is InChI=1S/C16H26BrClN2O/c1-4-8-19-16(7-9-20(3)11-12(2)21)14-6-5-13(17)10-15(14)18/h5-6,10,12,16,19,21H,4,7-9,11H2,1-3H3. The van der Waals surface area contributed by atoms with Gasteiger partial charge in [-0.2, -0.15) is 0 Å².